The van der Waals surface area contributed by atoms with E-state index in [1.165, 1.54) is 38.3 Å². The molecular weight excluding hydrogens is 302 g/mol. The molecule has 0 spiro atoms. The van der Waals surface area contributed by atoms with Crippen LogP contribution in [0.1, 0.15) is 51.4 Å². The van der Waals surface area contributed by atoms with E-state index in [-0.39, 0.29) is 11.6 Å². The van der Waals surface area contributed by atoms with Gasteiger partial charge in [-0.05, 0) is 37.0 Å². The summed E-state index contributed by atoms with van der Waals surface area (Å²) >= 11 is 0. The lowest BCUT2D eigenvalue weighted by molar-refractivity contribution is -0.102. The molecular formula is C19H31N3O2. The smallest absolute Gasteiger partial charge is 0.319 e. The van der Waals surface area contributed by atoms with Crippen LogP contribution >= 0.6 is 0 Å². The molecule has 0 aromatic heterocycles. The number of aliphatic imine (C=N–C) groups is 1. The fourth-order valence-electron chi connectivity index (χ4n) is 5.34. The number of likely N-dealkylation sites (tertiary alicyclic amines) is 1. The van der Waals surface area contributed by atoms with Crippen molar-refractivity contribution < 1.29 is 9.59 Å². The van der Waals surface area contributed by atoms with E-state index in [4.69, 9.17) is 4.99 Å². The van der Waals surface area contributed by atoms with Gasteiger partial charge in [0, 0.05) is 27.2 Å². The van der Waals surface area contributed by atoms with Gasteiger partial charge in [-0.3, -0.25) is 9.79 Å². The zero-order valence-electron chi connectivity index (χ0n) is 15.1. The first-order chi connectivity index (χ1) is 11.5. The normalized spacial score (nSPS) is 33.8. The van der Waals surface area contributed by atoms with Gasteiger partial charge in [0.05, 0.1) is 11.8 Å². The van der Waals surface area contributed by atoms with Crippen LogP contribution in [0, 0.1) is 17.8 Å². The molecule has 0 aromatic rings. The minimum Gasteiger partial charge on any atom is -0.331 e. The molecule has 5 heteroatoms. The lowest BCUT2D eigenvalue weighted by Gasteiger charge is -2.33. The van der Waals surface area contributed by atoms with E-state index >= 15 is 0 Å². The lowest BCUT2D eigenvalue weighted by Crippen LogP contribution is -2.39. The predicted octanol–water partition coefficient (Wildman–Crippen LogP) is 2.99. The van der Waals surface area contributed by atoms with Crippen LogP contribution in [0.3, 0.4) is 0 Å². The maximum absolute atomic E-state index is 12.2. The van der Waals surface area contributed by atoms with Crippen molar-refractivity contribution in [3.63, 3.8) is 0 Å². The number of fused-ring (bicyclic) bond motifs is 1. The topological polar surface area (TPSA) is 53.0 Å². The molecule has 1 unspecified atom stereocenters. The third-order valence-electron chi connectivity index (χ3n) is 6.32. The Morgan fingerprint density at radius 3 is 2.33 bits per heavy atom. The molecule has 3 rings (SSSR count). The van der Waals surface area contributed by atoms with Gasteiger partial charge in [-0.1, -0.05) is 32.1 Å². The highest BCUT2D eigenvalue weighted by Crippen LogP contribution is 2.50. The number of carbonyl (C=O) groups excluding carboxylic acids is 2. The van der Waals surface area contributed by atoms with Gasteiger partial charge in [-0.25, -0.2) is 4.79 Å². The molecule has 1 heterocycles. The molecule has 0 N–H and O–H groups in total. The molecule has 1 saturated heterocycles. The van der Waals surface area contributed by atoms with Crippen LogP contribution in [0.2, 0.25) is 0 Å². The molecule has 3 atom stereocenters. The van der Waals surface area contributed by atoms with Crippen molar-refractivity contribution in [1.29, 1.82) is 0 Å². The summed E-state index contributed by atoms with van der Waals surface area (Å²) < 4.78 is 0. The van der Waals surface area contributed by atoms with E-state index in [0.717, 1.165) is 44.6 Å². The Morgan fingerprint density at radius 1 is 1.17 bits per heavy atom. The lowest BCUT2D eigenvalue weighted by atomic mass is 9.78. The van der Waals surface area contributed by atoms with Crippen LogP contribution in [-0.2, 0) is 4.79 Å². The summed E-state index contributed by atoms with van der Waals surface area (Å²) in [5.41, 5.74) is -0.0501. The SMILES string of the molecule is CN(C)C(=O)N1C[C@@H]2CC(CC3CCCCC3)(N=CC=O)C[C@@H]2C1. The maximum Gasteiger partial charge on any atom is 0.319 e. The first-order valence-electron chi connectivity index (χ1n) is 9.48. The van der Waals surface area contributed by atoms with Crippen molar-refractivity contribution in [3.05, 3.63) is 0 Å². The van der Waals surface area contributed by atoms with Crippen molar-refractivity contribution in [2.24, 2.45) is 22.7 Å². The summed E-state index contributed by atoms with van der Waals surface area (Å²) in [4.78, 5) is 31.5. The number of hydrogen-bond donors (Lipinski definition) is 0. The predicted molar refractivity (Wildman–Crippen MR) is 95.3 cm³/mol. The van der Waals surface area contributed by atoms with Crippen LogP contribution in [-0.4, -0.2) is 61.1 Å². The Hall–Kier alpha value is -1.39. The molecule has 3 aliphatic rings. The molecule has 1 aliphatic heterocycles. The quantitative estimate of drug-likeness (QED) is 0.586. The van der Waals surface area contributed by atoms with Gasteiger partial charge < -0.3 is 9.80 Å². The van der Waals surface area contributed by atoms with Gasteiger partial charge in [0.1, 0.15) is 0 Å². The first kappa shape index (κ1) is 17.4. The number of aldehydes is 1. The summed E-state index contributed by atoms with van der Waals surface area (Å²) in [5.74, 6) is 1.85. The average molecular weight is 333 g/mol. The van der Waals surface area contributed by atoms with Gasteiger partial charge in [0.2, 0.25) is 0 Å². The Morgan fingerprint density at radius 2 is 1.79 bits per heavy atom. The maximum atomic E-state index is 12.2. The van der Waals surface area contributed by atoms with Gasteiger partial charge in [-0.2, -0.15) is 0 Å². The molecule has 2 saturated carbocycles. The van der Waals surface area contributed by atoms with E-state index in [1.54, 1.807) is 4.90 Å². The fraction of sp³-hybridized carbons (Fsp3) is 0.842. The van der Waals surface area contributed by atoms with Gasteiger partial charge in [-0.15, -0.1) is 0 Å². The van der Waals surface area contributed by atoms with Crippen LogP contribution in [0.4, 0.5) is 4.79 Å². The molecule has 134 valence electrons. The monoisotopic (exact) mass is 333 g/mol. The molecule has 0 radical (unpaired) electrons. The highest BCUT2D eigenvalue weighted by molar-refractivity contribution is 6.13. The van der Waals surface area contributed by atoms with Crippen LogP contribution in [0.15, 0.2) is 4.99 Å². The third-order valence-corrected chi connectivity index (χ3v) is 6.32. The first-order valence-corrected chi connectivity index (χ1v) is 9.48. The van der Waals surface area contributed by atoms with Crippen molar-refractivity contribution in [3.8, 4) is 0 Å². The molecule has 0 aromatic carbocycles. The second-order valence-corrected chi connectivity index (χ2v) is 8.36. The number of nitrogens with zero attached hydrogens (tertiary/aromatic N) is 3. The summed E-state index contributed by atoms with van der Waals surface area (Å²) in [7, 11) is 3.64. The third kappa shape index (κ3) is 3.65. The number of urea groups is 1. The van der Waals surface area contributed by atoms with Crippen LogP contribution in [0.5, 0.6) is 0 Å². The Balaban J connectivity index is 1.66. The molecule has 3 fully saturated rings. The Kier molecular flexibility index (Phi) is 5.26. The van der Waals surface area contributed by atoms with Crippen molar-refractivity contribution in [2.75, 3.05) is 27.2 Å². The molecule has 5 nitrogen and oxygen atoms in total. The molecule has 24 heavy (non-hydrogen) atoms. The molecule has 2 aliphatic carbocycles. The van der Waals surface area contributed by atoms with E-state index in [0.29, 0.717) is 11.8 Å². The molecule has 0 bridgehead atoms. The van der Waals surface area contributed by atoms with E-state index in [1.807, 2.05) is 19.0 Å². The summed E-state index contributed by atoms with van der Waals surface area (Å²) in [6.07, 6.45) is 12.2. The Bertz CT molecular complexity index is 483. The second-order valence-electron chi connectivity index (χ2n) is 8.36. The van der Waals surface area contributed by atoms with Gasteiger partial charge in [0.15, 0.2) is 6.29 Å². The zero-order valence-corrected chi connectivity index (χ0v) is 15.1. The fourth-order valence-corrected chi connectivity index (χ4v) is 5.34. The van der Waals surface area contributed by atoms with Gasteiger partial charge in [0.25, 0.3) is 0 Å². The Labute approximate surface area is 145 Å². The van der Waals surface area contributed by atoms with E-state index in [9.17, 15) is 9.59 Å². The van der Waals surface area contributed by atoms with Crippen molar-refractivity contribution in [2.45, 2.75) is 56.9 Å². The zero-order chi connectivity index (χ0) is 17.2. The second kappa shape index (κ2) is 7.24. The summed E-state index contributed by atoms with van der Waals surface area (Å²) in [6, 6.07) is 0.124. The van der Waals surface area contributed by atoms with Crippen molar-refractivity contribution >= 4 is 18.5 Å². The van der Waals surface area contributed by atoms with Crippen LogP contribution in [0.25, 0.3) is 0 Å². The highest BCUT2D eigenvalue weighted by atomic mass is 16.2. The number of amides is 2. The summed E-state index contributed by atoms with van der Waals surface area (Å²) in [6.45, 7) is 1.70. The number of hydrogen-bond acceptors (Lipinski definition) is 3. The van der Waals surface area contributed by atoms with Crippen molar-refractivity contribution in [1.82, 2.24) is 9.80 Å². The van der Waals surface area contributed by atoms with E-state index < -0.39 is 0 Å². The molecule has 2 amide bonds. The largest absolute Gasteiger partial charge is 0.331 e. The standard InChI is InChI=1S/C19H31N3O2/c1-21(2)18(24)22-13-16-11-19(20-8-9-23,12-17(16)14-22)10-15-6-4-3-5-7-15/h8-9,15-17H,3-7,10-14H2,1-2H3/t16-,17+,19?. The van der Waals surface area contributed by atoms with Crippen LogP contribution < -0.4 is 0 Å². The van der Waals surface area contributed by atoms with Gasteiger partial charge >= 0.3 is 6.03 Å². The minimum atomic E-state index is -0.0501. The number of carbonyl (C=O) groups is 2. The number of rotatable bonds is 4. The van der Waals surface area contributed by atoms with E-state index in [2.05, 4.69) is 0 Å². The highest BCUT2D eigenvalue weighted by Gasteiger charge is 2.50. The minimum absolute atomic E-state index is 0.0501. The summed E-state index contributed by atoms with van der Waals surface area (Å²) in [5, 5.41) is 0. The average Bonchev–Trinajstić information content (AvgIpc) is 3.09.